The monoisotopic (exact) mass is 463 g/mol. The largest absolute Gasteiger partial charge is 0.493 e. The predicted octanol–water partition coefficient (Wildman–Crippen LogP) is 3.23. The van der Waals surface area contributed by atoms with Crippen LogP contribution in [0.3, 0.4) is 0 Å². The summed E-state index contributed by atoms with van der Waals surface area (Å²) in [6.07, 6.45) is 3.76. The highest BCUT2D eigenvalue weighted by Crippen LogP contribution is 2.41. The summed E-state index contributed by atoms with van der Waals surface area (Å²) in [4.78, 5) is 21.7. The van der Waals surface area contributed by atoms with Crippen molar-refractivity contribution in [2.24, 2.45) is 5.92 Å². The molecular formula is C21H25N3O5S2. The van der Waals surface area contributed by atoms with Crippen LogP contribution in [0.2, 0.25) is 0 Å². The van der Waals surface area contributed by atoms with Crippen LogP contribution >= 0.6 is 23.5 Å². The van der Waals surface area contributed by atoms with E-state index in [-0.39, 0.29) is 0 Å². The number of aliphatic carboxylic acids is 2. The molecule has 3 aliphatic heterocycles. The third kappa shape index (κ3) is 7.34. The lowest BCUT2D eigenvalue weighted by Gasteiger charge is -2.44. The van der Waals surface area contributed by atoms with Crippen molar-refractivity contribution in [2.45, 2.75) is 23.8 Å². The Labute approximate surface area is 189 Å². The van der Waals surface area contributed by atoms with Crippen molar-refractivity contribution in [2.75, 3.05) is 32.0 Å². The van der Waals surface area contributed by atoms with Gasteiger partial charge in [0.15, 0.2) is 0 Å². The molecule has 3 saturated heterocycles. The van der Waals surface area contributed by atoms with E-state index >= 15 is 0 Å². The number of carboxylic acids is 2. The zero-order chi connectivity index (χ0) is 22.1. The van der Waals surface area contributed by atoms with Crippen molar-refractivity contribution in [1.29, 1.82) is 0 Å². The lowest BCUT2D eigenvalue weighted by atomic mass is 9.78. The Morgan fingerprint density at radius 1 is 1.13 bits per heavy atom. The Kier molecular flexibility index (Phi) is 8.86. The quantitative estimate of drug-likeness (QED) is 0.346. The van der Waals surface area contributed by atoms with Crippen LogP contribution in [-0.2, 0) is 9.59 Å². The molecule has 1 unspecified atom stereocenters. The van der Waals surface area contributed by atoms with Gasteiger partial charge in [0, 0.05) is 30.4 Å². The number of thioether (sulfide) groups is 1. The molecule has 0 spiro atoms. The highest BCUT2D eigenvalue weighted by atomic mass is 32.2. The van der Waals surface area contributed by atoms with Gasteiger partial charge in [-0.05, 0) is 44.0 Å². The number of carboxylic acid groups (broad SMARTS) is 2. The van der Waals surface area contributed by atoms with Gasteiger partial charge in [-0.1, -0.05) is 30.0 Å². The maximum atomic E-state index is 9.55. The number of hydrogen-bond acceptors (Lipinski definition) is 8. The normalized spacial score (nSPS) is 22.0. The van der Waals surface area contributed by atoms with Crippen LogP contribution in [0.1, 0.15) is 24.5 Å². The Morgan fingerprint density at radius 3 is 2.39 bits per heavy atom. The van der Waals surface area contributed by atoms with Crippen molar-refractivity contribution < 1.29 is 24.5 Å². The topological polar surface area (TPSA) is 113 Å². The lowest BCUT2D eigenvalue weighted by molar-refractivity contribution is -0.134. The van der Waals surface area contributed by atoms with E-state index in [1.807, 2.05) is 30.3 Å². The van der Waals surface area contributed by atoms with Crippen molar-refractivity contribution in [3.63, 3.8) is 0 Å². The lowest BCUT2D eigenvalue weighted by Crippen LogP contribution is -2.46. The molecule has 1 aromatic heterocycles. The van der Waals surface area contributed by atoms with Crippen molar-refractivity contribution in [3.8, 4) is 5.75 Å². The molecule has 31 heavy (non-hydrogen) atoms. The second-order valence-corrected chi connectivity index (χ2v) is 8.83. The SMILES string of the molecule is O=C(O)C=CC(=O)O.c1ccc(OCCSc2nsnc2C2CN3CCC2CC3)cc1. The van der Waals surface area contributed by atoms with Crippen molar-refractivity contribution in [3.05, 3.63) is 48.2 Å². The summed E-state index contributed by atoms with van der Waals surface area (Å²) < 4.78 is 14.9. The molecule has 0 radical (unpaired) electrons. The van der Waals surface area contributed by atoms with E-state index in [0.717, 1.165) is 22.4 Å². The first-order chi connectivity index (χ1) is 15.0. The van der Waals surface area contributed by atoms with Gasteiger partial charge >= 0.3 is 11.9 Å². The van der Waals surface area contributed by atoms with Crippen LogP contribution in [0.5, 0.6) is 5.75 Å². The minimum atomic E-state index is -1.26. The van der Waals surface area contributed by atoms with Gasteiger partial charge in [-0.15, -0.1) is 0 Å². The number of benzene rings is 1. The van der Waals surface area contributed by atoms with Crippen LogP contribution in [-0.4, -0.2) is 67.8 Å². The molecule has 2 bridgehead atoms. The number of para-hydroxylation sites is 1. The second-order valence-electron chi connectivity index (χ2n) is 7.22. The molecule has 10 heteroatoms. The van der Waals surface area contributed by atoms with E-state index in [1.165, 1.54) is 49.9 Å². The summed E-state index contributed by atoms with van der Waals surface area (Å²) in [5.74, 6) is 0.730. The molecule has 166 valence electrons. The van der Waals surface area contributed by atoms with Gasteiger partial charge in [0.25, 0.3) is 0 Å². The minimum Gasteiger partial charge on any atom is -0.493 e. The molecular weight excluding hydrogens is 438 g/mol. The molecule has 0 aliphatic carbocycles. The van der Waals surface area contributed by atoms with E-state index in [2.05, 4.69) is 13.6 Å². The van der Waals surface area contributed by atoms with E-state index in [1.54, 1.807) is 11.8 Å². The van der Waals surface area contributed by atoms with Crippen molar-refractivity contribution >= 4 is 35.4 Å². The minimum absolute atomic E-state index is 0.558. The summed E-state index contributed by atoms with van der Waals surface area (Å²) in [6.45, 7) is 4.41. The number of hydrogen-bond donors (Lipinski definition) is 2. The first-order valence-corrected chi connectivity index (χ1v) is 11.7. The molecule has 0 saturated carbocycles. The summed E-state index contributed by atoms with van der Waals surface area (Å²) in [5.41, 5.74) is 1.24. The maximum absolute atomic E-state index is 9.55. The fourth-order valence-electron chi connectivity index (χ4n) is 3.75. The van der Waals surface area contributed by atoms with Gasteiger partial charge in [-0.25, -0.2) is 9.59 Å². The number of fused-ring (bicyclic) bond motifs is 3. The maximum Gasteiger partial charge on any atom is 0.328 e. The molecule has 4 heterocycles. The standard InChI is InChI=1S/C17H21N3OS2.C4H4O4/c1-2-4-14(5-3-1)21-10-11-22-17-16(18-23-19-17)15-12-20-8-6-13(15)7-9-20;5-3(6)1-2-4(7)8/h1-5,13,15H,6-12H2;1-2H,(H,5,6)(H,7,8). The smallest absolute Gasteiger partial charge is 0.328 e. The summed E-state index contributed by atoms with van der Waals surface area (Å²) >= 11 is 3.15. The highest BCUT2D eigenvalue weighted by molar-refractivity contribution is 7.99. The zero-order valence-electron chi connectivity index (χ0n) is 16.9. The number of rotatable bonds is 8. The first kappa shape index (κ1) is 23.2. The first-order valence-electron chi connectivity index (χ1n) is 10.0. The number of aromatic nitrogens is 2. The molecule has 0 amide bonds. The third-order valence-electron chi connectivity index (χ3n) is 5.19. The van der Waals surface area contributed by atoms with Crippen molar-refractivity contribution in [1.82, 2.24) is 13.6 Å². The van der Waals surface area contributed by atoms with Crippen LogP contribution in [0.15, 0.2) is 47.5 Å². The van der Waals surface area contributed by atoms with Gasteiger partial charge in [0.05, 0.1) is 24.0 Å². The number of carbonyl (C=O) groups is 2. The Hall–Kier alpha value is -2.43. The molecule has 1 aromatic carbocycles. The number of nitrogens with zero attached hydrogens (tertiary/aromatic N) is 3. The molecule has 3 fully saturated rings. The van der Waals surface area contributed by atoms with E-state index < -0.39 is 11.9 Å². The zero-order valence-corrected chi connectivity index (χ0v) is 18.6. The Bertz CT molecular complexity index is 866. The molecule has 2 aromatic rings. The molecule has 1 atom stereocenters. The van der Waals surface area contributed by atoms with Gasteiger partial charge in [-0.2, -0.15) is 8.75 Å². The van der Waals surface area contributed by atoms with E-state index in [4.69, 9.17) is 14.9 Å². The predicted molar refractivity (Wildman–Crippen MR) is 119 cm³/mol. The Balaban J connectivity index is 0.000000293. The third-order valence-corrected chi connectivity index (χ3v) is 6.79. The summed E-state index contributed by atoms with van der Waals surface area (Å²) in [5, 5.41) is 16.8. The molecule has 2 N–H and O–H groups in total. The fourth-order valence-corrected chi connectivity index (χ4v) is 5.34. The highest BCUT2D eigenvalue weighted by Gasteiger charge is 2.37. The number of ether oxygens (including phenoxy) is 1. The van der Waals surface area contributed by atoms with Crippen LogP contribution in [0.25, 0.3) is 0 Å². The number of piperidine rings is 3. The van der Waals surface area contributed by atoms with E-state index in [0.29, 0.717) is 24.7 Å². The Morgan fingerprint density at radius 2 is 1.81 bits per heavy atom. The second kappa shape index (κ2) is 11.8. The van der Waals surface area contributed by atoms with Gasteiger partial charge in [-0.3, -0.25) is 0 Å². The van der Waals surface area contributed by atoms with Gasteiger partial charge in [0.1, 0.15) is 10.8 Å². The summed E-state index contributed by atoms with van der Waals surface area (Å²) in [7, 11) is 0. The molecule has 8 nitrogen and oxygen atoms in total. The van der Waals surface area contributed by atoms with Gasteiger partial charge < -0.3 is 19.8 Å². The average molecular weight is 464 g/mol. The van der Waals surface area contributed by atoms with Gasteiger partial charge in [0.2, 0.25) is 0 Å². The molecule has 3 aliphatic rings. The molecule has 5 rings (SSSR count). The van der Waals surface area contributed by atoms with E-state index in [9.17, 15) is 9.59 Å². The van der Waals surface area contributed by atoms with Crippen LogP contribution < -0.4 is 4.74 Å². The fraction of sp³-hybridized carbons (Fsp3) is 0.429. The van der Waals surface area contributed by atoms with Crippen LogP contribution in [0, 0.1) is 5.92 Å². The average Bonchev–Trinajstić information content (AvgIpc) is 3.26. The van der Waals surface area contributed by atoms with Crippen LogP contribution in [0.4, 0.5) is 0 Å². The summed E-state index contributed by atoms with van der Waals surface area (Å²) in [6, 6.07) is 9.99.